The zero-order chi connectivity index (χ0) is 23.8. The molecular formula is C25H34O7. The minimum absolute atomic E-state index is 0.00306. The third-order valence-electron chi connectivity index (χ3n) is 8.56. The molecule has 2 bridgehead atoms. The van der Waals surface area contributed by atoms with Gasteiger partial charge in [0.15, 0.2) is 23.6 Å². The lowest BCUT2D eigenvalue weighted by atomic mass is 9.59. The minimum Gasteiger partial charge on any atom is -0.455 e. The van der Waals surface area contributed by atoms with Gasteiger partial charge in [-0.3, -0.25) is 14.4 Å². The first kappa shape index (κ1) is 23.2. The van der Waals surface area contributed by atoms with Crippen LogP contribution >= 0.6 is 0 Å². The van der Waals surface area contributed by atoms with Crippen LogP contribution in [0.4, 0.5) is 0 Å². The first-order valence-corrected chi connectivity index (χ1v) is 11.3. The average Bonchev–Trinajstić information content (AvgIpc) is 3.17. The summed E-state index contributed by atoms with van der Waals surface area (Å²) >= 11 is 0. The summed E-state index contributed by atoms with van der Waals surface area (Å²) in [6.45, 7) is 10.7. The molecule has 2 saturated carbocycles. The third-order valence-corrected chi connectivity index (χ3v) is 8.56. The highest BCUT2D eigenvalue weighted by molar-refractivity contribution is 5.95. The van der Waals surface area contributed by atoms with E-state index in [4.69, 9.17) is 14.2 Å². The number of esters is 2. The normalized spacial score (nSPS) is 43.7. The van der Waals surface area contributed by atoms with Gasteiger partial charge in [-0.2, -0.15) is 0 Å². The van der Waals surface area contributed by atoms with Crippen LogP contribution in [-0.4, -0.2) is 54.4 Å². The quantitative estimate of drug-likeness (QED) is 0.523. The van der Waals surface area contributed by atoms with Crippen molar-refractivity contribution in [3.05, 3.63) is 23.3 Å². The highest BCUT2D eigenvalue weighted by Gasteiger charge is 2.77. The van der Waals surface area contributed by atoms with E-state index < -0.39 is 41.1 Å². The molecule has 0 aliphatic heterocycles. The number of hydrogen-bond acceptors (Lipinski definition) is 7. The molecule has 176 valence electrons. The molecule has 0 aromatic rings. The number of hydrogen-bond donors (Lipinski definition) is 1. The standard InChI is InChI=1S/C25H34O7/c1-12-10-24-13(2)8-18-19(23(18,5)6)17(20(24)28)9-16(11-30-7)22(32-15(4)27)25(24,29)21(12)31-14(3)26/h9-10,13,17-19,21-22,29H,8,11H2,1-7H3/t13-,17-,18-,19+,21+,22-,24+,25-/m1/s1. The van der Waals surface area contributed by atoms with Gasteiger partial charge in [-0.05, 0) is 47.7 Å². The Bertz CT molecular complexity index is 931. The number of carbonyl (C=O) groups excluding carboxylic acids is 3. The summed E-state index contributed by atoms with van der Waals surface area (Å²) < 4.78 is 16.8. The number of methoxy groups -OCH3 is 1. The van der Waals surface area contributed by atoms with Crippen LogP contribution in [0.25, 0.3) is 0 Å². The van der Waals surface area contributed by atoms with Crippen LogP contribution in [0.15, 0.2) is 23.3 Å². The summed E-state index contributed by atoms with van der Waals surface area (Å²) in [6.07, 6.45) is 2.10. The SMILES string of the molecule is COCC1=C[C@H]2C(=O)[C@]3(C=C(C)[C@H](OC(C)=O)[C@@]3(O)[C@@H]1OC(C)=O)[C@H](C)C[C@@H]1[C@H]2C1(C)C. The van der Waals surface area contributed by atoms with Gasteiger partial charge in [-0.25, -0.2) is 0 Å². The van der Waals surface area contributed by atoms with Crippen molar-refractivity contribution in [2.75, 3.05) is 13.7 Å². The fraction of sp³-hybridized carbons (Fsp3) is 0.720. The van der Waals surface area contributed by atoms with Crippen LogP contribution in [-0.2, 0) is 28.6 Å². The first-order chi connectivity index (χ1) is 14.8. The molecule has 0 amide bonds. The molecule has 0 aromatic carbocycles. The molecule has 0 aromatic heterocycles. The van der Waals surface area contributed by atoms with Gasteiger partial charge in [-0.1, -0.05) is 32.9 Å². The van der Waals surface area contributed by atoms with Gasteiger partial charge >= 0.3 is 11.9 Å². The van der Waals surface area contributed by atoms with E-state index in [2.05, 4.69) is 13.8 Å². The molecule has 0 heterocycles. The van der Waals surface area contributed by atoms with Crippen molar-refractivity contribution >= 4 is 17.7 Å². The lowest BCUT2D eigenvalue weighted by Gasteiger charge is -2.49. The Morgan fingerprint density at radius 1 is 1.16 bits per heavy atom. The second-order valence-corrected chi connectivity index (χ2v) is 10.7. The van der Waals surface area contributed by atoms with E-state index >= 15 is 0 Å². The van der Waals surface area contributed by atoms with Crippen LogP contribution in [0.1, 0.15) is 48.0 Å². The molecule has 4 aliphatic carbocycles. The molecule has 0 radical (unpaired) electrons. The third kappa shape index (κ3) is 2.83. The van der Waals surface area contributed by atoms with E-state index in [9.17, 15) is 19.5 Å². The van der Waals surface area contributed by atoms with Crippen molar-refractivity contribution in [2.24, 2.45) is 34.5 Å². The zero-order valence-electron chi connectivity index (χ0n) is 19.9. The highest BCUT2D eigenvalue weighted by Crippen LogP contribution is 2.71. The lowest BCUT2D eigenvalue weighted by Crippen LogP contribution is -2.66. The fourth-order valence-corrected chi connectivity index (χ4v) is 7.22. The summed E-state index contributed by atoms with van der Waals surface area (Å²) in [5.74, 6) is -1.49. The van der Waals surface area contributed by atoms with Gasteiger partial charge in [0.05, 0.1) is 12.0 Å². The molecule has 7 nitrogen and oxygen atoms in total. The minimum atomic E-state index is -1.97. The predicted octanol–water partition coefficient (Wildman–Crippen LogP) is 2.61. The first-order valence-electron chi connectivity index (χ1n) is 11.3. The summed E-state index contributed by atoms with van der Waals surface area (Å²) in [7, 11) is 1.52. The maximum atomic E-state index is 14.4. The van der Waals surface area contributed by atoms with Gasteiger partial charge in [0.25, 0.3) is 0 Å². The molecule has 1 spiro atoms. The Balaban J connectivity index is 2.01. The number of carbonyl (C=O) groups is 3. The molecule has 1 N–H and O–H groups in total. The largest absolute Gasteiger partial charge is 0.455 e. The maximum Gasteiger partial charge on any atom is 0.303 e. The molecule has 4 rings (SSSR count). The summed E-state index contributed by atoms with van der Waals surface area (Å²) in [5, 5.41) is 12.6. The van der Waals surface area contributed by atoms with E-state index in [0.29, 0.717) is 17.1 Å². The predicted molar refractivity (Wildman–Crippen MR) is 115 cm³/mol. The fourth-order valence-electron chi connectivity index (χ4n) is 7.22. The van der Waals surface area contributed by atoms with Crippen molar-refractivity contribution in [1.82, 2.24) is 0 Å². The number of ether oxygens (including phenoxy) is 3. The second-order valence-electron chi connectivity index (χ2n) is 10.7. The molecule has 32 heavy (non-hydrogen) atoms. The highest BCUT2D eigenvalue weighted by atomic mass is 16.6. The number of Topliss-reactive ketones (excluding diaryl/α,β-unsaturated/α-hetero) is 1. The van der Waals surface area contributed by atoms with Crippen molar-refractivity contribution < 1.29 is 33.7 Å². The van der Waals surface area contributed by atoms with E-state index in [1.807, 2.05) is 13.0 Å². The Labute approximate surface area is 189 Å². The van der Waals surface area contributed by atoms with Crippen molar-refractivity contribution in [3.63, 3.8) is 0 Å². The van der Waals surface area contributed by atoms with Gasteiger partial charge < -0.3 is 19.3 Å². The van der Waals surface area contributed by atoms with E-state index in [1.54, 1.807) is 13.0 Å². The zero-order valence-corrected chi connectivity index (χ0v) is 19.9. The van der Waals surface area contributed by atoms with Gasteiger partial charge in [0.1, 0.15) is 0 Å². The van der Waals surface area contributed by atoms with Gasteiger partial charge in [-0.15, -0.1) is 0 Å². The van der Waals surface area contributed by atoms with Crippen molar-refractivity contribution in [3.8, 4) is 0 Å². The topological polar surface area (TPSA) is 99.1 Å². The maximum absolute atomic E-state index is 14.4. The van der Waals surface area contributed by atoms with Crippen LogP contribution in [0, 0.1) is 34.5 Å². The lowest BCUT2D eigenvalue weighted by molar-refractivity contribution is -0.211. The molecule has 8 atom stereocenters. The molecule has 7 heteroatoms. The van der Waals surface area contributed by atoms with E-state index in [-0.39, 0.29) is 29.6 Å². The number of aliphatic hydroxyl groups is 1. The summed E-state index contributed by atoms with van der Waals surface area (Å²) in [5.41, 5.74) is -2.20. The molecule has 0 saturated heterocycles. The van der Waals surface area contributed by atoms with Crippen LogP contribution in [0.3, 0.4) is 0 Å². The van der Waals surface area contributed by atoms with Crippen LogP contribution < -0.4 is 0 Å². The van der Waals surface area contributed by atoms with Gasteiger partial charge in [0, 0.05) is 26.9 Å². The Hall–Kier alpha value is -1.99. The second kappa shape index (κ2) is 7.26. The number of fused-ring (bicyclic) bond motifs is 3. The summed E-state index contributed by atoms with van der Waals surface area (Å²) in [6, 6.07) is 0. The van der Waals surface area contributed by atoms with Gasteiger partial charge in [0.2, 0.25) is 0 Å². The van der Waals surface area contributed by atoms with E-state index in [0.717, 1.165) is 6.42 Å². The number of rotatable bonds is 4. The Morgan fingerprint density at radius 2 is 1.75 bits per heavy atom. The van der Waals surface area contributed by atoms with E-state index in [1.165, 1.54) is 21.0 Å². The average molecular weight is 447 g/mol. The number of ketones is 1. The Morgan fingerprint density at radius 3 is 2.31 bits per heavy atom. The van der Waals surface area contributed by atoms with Crippen molar-refractivity contribution in [1.29, 1.82) is 0 Å². The molecular weight excluding hydrogens is 412 g/mol. The Kier molecular flexibility index (Phi) is 5.25. The van der Waals surface area contributed by atoms with Crippen molar-refractivity contribution in [2.45, 2.75) is 65.8 Å². The monoisotopic (exact) mass is 446 g/mol. The van der Waals surface area contributed by atoms with Crippen LogP contribution in [0.2, 0.25) is 0 Å². The smallest absolute Gasteiger partial charge is 0.303 e. The molecule has 0 unspecified atom stereocenters. The van der Waals surface area contributed by atoms with Crippen LogP contribution in [0.5, 0.6) is 0 Å². The molecule has 4 aliphatic rings. The summed E-state index contributed by atoms with van der Waals surface area (Å²) in [4.78, 5) is 38.6. The molecule has 2 fully saturated rings. The number of allylic oxidation sites excluding steroid dienone is 1.